The van der Waals surface area contributed by atoms with Crippen molar-refractivity contribution in [1.29, 1.82) is 0 Å². The molecule has 1 N–H and O–H groups in total. The monoisotopic (exact) mass is 607 g/mol. The van der Waals surface area contributed by atoms with Crippen molar-refractivity contribution in [3.05, 3.63) is 89.5 Å². The molecule has 1 aliphatic rings. The Kier molecular flexibility index (Phi) is 10.7. The number of nitrogens with one attached hydrogen (secondary N) is 1. The highest BCUT2D eigenvalue weighted by Gasteiger charge is 2.31. The van der Waals surface area contributed by atoms with Crippen LogP contribution in [0.2, 0.25) is 0 Å². The summed E-state index contributed by atoms with van der Waals surface area (Å²) < 4.78 is 38.1. The number of nitrogens with zero attached hydrogens (tertiary/aromatic N) is 2. The standard InChI is InChI=1S/C33H41N3O6S/c1-24(2)34-33(38)29(21-26-12-6-5-7-13-26)35(23-27-14-9-8-11-25(27)3)32(37)15-10-18-36(43(4,39)40)28-16-17-30-31(22-28)42-20-19-41-30/h5-9,11-14,16-17,22,24,29H,10,15,18-21,23H2,1-4H3,(H,34,38)/t29-/m1/s1. The molecule has 4 rings (SSSR count). The Bertz CT molecular complexity index is 1510. The first-order chi connectivity index (χ1) is 20.5. The molecule has 0 unspecified atom stereocenters. The number of anilines is 1. The molecule has 0 aromatic heterocycles. The van der Waals surface area contributed by atoms with E-state index in [0.29, 0.717) is 36.8 Å². The molecule has 1 heterocycles. The molecule has 3 aromatic rings. The van der Waals surface area contributed by atoms with Crippen LogP contribution in [-0.2, 0) is 32.6 Å². The molecule has 3 aromatic carbocycles. The van der Waals surface area contributed by atoms with E-state index in [0.717, 1.165) is 22.9 Å². The molecular weight excluding hydrogens is 566 g/mol. The van der Waals surface area contributed by atoms with Gasteiger partial charge in [0.15, 0.2) is 11.5 Å². The fourth-order valence-electron chi connectivity index (χ4n) is 5.10. The molecule has 2 amide bonds. The number of ether oxygens (including phenoxy) is 2. The minimum absolute atomic E-state index is 0.0582. The average molecular weight is 608 g/mol. The fourth-order valence-corrected chi connectivity index (χ4v) is 6.05. The SMILES string of the molecule is Cc1ccccc1CN(C(=O)CCCN(c1ccc2c(c1)OCCO2)S(C)(=O)=O)[C@H](Cc1ccccc1)C(=O)NC(C)C. The maximum absolute atomic E-state index is 14.0. The maximum Gasteiger partial charge on any atom is 0.243 e. The van der Waals surface area contributed by atoms with E-state index in [1.807, 2.05) is 75.4 Å². The van der Waals surface area contributed by atoms with Crippen molar-refractivity contribution in [1.82, 2.24) is 10.2 Å². The molecule has 0 aliphatic carbocycles. The second-order valence-electron chi connectivity index (χ2n) is 11.1. The molecular formula is C33H41N3O6S. The summed E-state index contributed by atoms with van der Waals surface area (Å²) in [7, 11) is -3.65. The predicted octanol–water partition coefficient (Wildman–Crippen LogP) is 4.48. The average Bonchev–Trinajstić information content (AvgIpc) is 2.97. The molecule has 0 spiro atoms. The highest BCUT2D eigenvalue weighted by atomic mass is 32.2. The van der Waals surface area contributed by atoms with Crippen LogP contribution in [0.3, 0.4) is 0 Å². The van der Waals surface area contributed by atoms with Crippen molar-refractivity contribution in [3.63, 3.8) is 0 Å². The maximum atomic E-state index is 14.0. The van der Waals surface area contributed by atoms with Crippen LogP contribution < -0.4 is 19.1 Å². The quantitative estimate of drug-likeness (QED) is 0.307. The van der Waals surface area contributed by atoms with Crippen LogP contribution in [0.1, 0.15) is 43.4 Å². The zero-order valence-electron chi connectivity index (χ0n) is 25.3. The van der Waals surface area contributed by atoms with E-state index in [9.17, 15) is 18.0 Å². The Morgan fingerprint density at radius 2 is 1.60 bits per heavy atom. The van der Waals surface area contributed by atoms with Crippen LogP contribution in [0.4, 0.5) is 5.69 Å². The third-order valence-corrected chi connectivity index (χ3v) is 8.46. The van der Waals surface area contributed by atoms with Gasteiger partial charge in [0, 0.05) is 38.0 Å². The molecule has 10 heteroatoms. The summed E-state index contributed by atoms with van der Waals surface area (Å²) in [5.41, 5.74) is 3.34. The number of amides is 2. The zero-order chi connectivity index (χ0) is 31.0. The Balaban J connectivity index is 1.58. The van der Waals surface area contributed by atoms with Gasteiger partial charge in [0.1, 0.15) is 19.3 Å². The minimum atomic E-state index is -3.65. The van der Waals surface area contributed by atoms with Gasteiger partial charge in [-0.1, -0.05) is 54.6 Å². The molecule has 9 nitrogen and oxygen atoms in total. The first kappa shape index (κ1) is 31.9. The summed E-state index contributed by atoms with van der Waals surface area (Å²) in [5, 5.41) is 3.00. The Hall–Kier alpha value is -4.05. The lowest BCUT2D eigenvalue weighted by Crippen LogP contribution is -2.52. The zero-order valence-corrected chi connectivity index (χ0v) is 26.1. The highest BCUT2D eigenvalue weighted by Crippen LogP contribution is 2.35. The second-order valence-corrected chi connectivity index (χ2v) is 13.0. The van der Waals surface area contributed by atoms with Crippen molar-refractivity contribution in [2.45, 2.75) is 58.7 Å². The Morgan fingerprint density at radius 3 is 2.28 bits per heavy atom. The minimum Gasteiger partial charge on any atom is -0.486 e. The number of carbonyl (C=O) groups excluding carboxylic acids is 2. The first-order valence-corrected chi connectivity index (χ1v) is 16.4. The molecule has 1 atom stereocenters. The summed E-state index contributed by atoms with van der Waals surface area (Å²) in [5.74, 6) is 0.598. The number of carbonyl (C=O) groups is 2. The number of sulfonamides is 1. The van der Waals surface area contributed by atoms with Crippen LogP contribution in [0.5, 0.6) is 11.5 Å². The van der Waals surface area contributed by atoms with E-state index < -0.39 is 16.1 Å². The number of fused-ring (bicyclic) bond motifs is 1. The molecule has 0 fully saturated rings. The molecule has 1 aliphatic heterocycles. The van der Waals surface area contributed by atoms with Crippen molar-refractivity contribution < 1.29 is 27.5 Å². The lowest BCUT2D eigenvalue weighted by atomic mass is 10.0. The molecule has 0 saturated carbocycles. The third-order valence-electron chi connectivity index (χ3n) is 7.27. The summed E-state index contributed by atoms with van der Waals surface area (Å²) in [6, 6.07) is 21.6. The van der Waals surface area contributed by atoms with Crippen molar-refractivity contribution in [3.8, 4) is 11.5 Å². The van der Waals surface area contributed by atoms with Crippen molar-refractivity contribution >= 4 is 27.5 Å². The van der Waals surface area contributed by atoms with Gasteiger partial charge in [-0.25, -0.2) is 8.42 Å². The molecule has 0 bridgehead atoms. The van der Waals surface area contributed by atoms with Crippen LogP contribution in [0.25, 0.3) is 0 Å². The largest absolute Gasteiger partial charge is 0.486 e. The van der Waals surface area contributed by atoms with E-state index in [2.05, 4.69) is 5.32 Å². The second kappa shape index (κ2) is 14.4. The van der Waals surface area contributed by atoms with Gasteiger partial charge in [-0.15, -0.1) is 0 Å². The van der Waals surface area contributed by atoms with E-state index in [1.54, 1.807) is 23.1 Å². The van der Waals surface area contributed by atoms with E-state index >= 15 is 0 Å². The van der Waals surface area contributed by atoms with Gasteiger partial charge in [-0.3, -0.25) is 13.9 Å². The number of rotatable bonds is 13. The smallest absolute Gasteiger partial charge is 0.243 e. The summed E-state index contributed by atoms with van der Waals surface area (Å²) in [6.45, 7) is 6.93. The lowest BCUT2D eigenvalue weighted by Gasteiger charge is -2.33. The fraction of sp³-hybridized carbons (Fsp3) is 0.394. The van der Waals surface area contributed by atoms with E-state index in [4.69, 9.17) is 9.47 Å². The van der Waals surface area contributed by atoms with Gasteiger partial charge in [0.05, 0.1) is 11.9 Å². The van der Waals surface area contributed by atoms with Crippen LogP contribution in [0, 0.1) is 6.92 Å². The predicted molar refractivity (Wildman–Crippen MR) is 168 cm³/mol. The summed E-state index contributed by atoms with van der Waals surface area (Å²) >= 11 is 0. The molecule has 43 heavy (non-hydrogen) atoms. The lowest BCUT2D eigenvalue weighted by molar-refractivity contribution is -0.141. The van der Waals surface area contributed by atoms with Gasteiger partial charge in [0.25, 0.3) is 0 Å². The topological polar surface area (TPSA) is 105 Å². The highest BCUT2D eigenvalue weighted by molar-refractivity contribution is 7.92. The van der Waals surface area contributed by atoms with Crippen LogP contribution in [0.15, 0.2) is 72.8 Å². The van der Waals surface area contributed by atoms with Gasteiger partial charge < -0.3 is 19.7 Å². The Labute approximate surface area is 254 Å². The van der Waals surface area contributed by atoms with Gasteiger partial charge >= 0.3 is 0 Å². The van der Waals surface area contributed by atoms with Crippen molar-refractivity contribution in [2.75, 3.05) is 30.3 Å². The van der Waals surface area contributed by atoms with E-state index in [1.165, 1.54) is 4.31 Å². The number of hydrogen-bond donors (Lipinski definition) is 1. The first-order valence-electron chi connectivity index (χ1n) is 14.6. The molecule has 0 radical (unpaired) electrons. The number of benzene rings is 3. The number of hydrogen-bond acceptors (Lipinski definition) is 6. The third kappa shape index (κ3) is 8.73. The van der Waals surface area contributed by atoms with Crippen LogP contribution >= 0.6 is 0 Å². The van der Waals surface area contributed by atoms with Gasteiger partial charge in [-0.2, -0.15) is 0 Å². The molecule has 0 saturated heterocycles. The molecule has 230 valence electrons. The summed E-state index contributed by atoms with van der Waals surface area (Å²) in [6.07, 6.45) is 1.81. The van der Waals surface area contributed by atoms with Gasteiger partial charge in [0.2, 0.25) is 21.8 Å². The van der Waals surface area contributed by atoms with Crippen molar-refractivity contribution in [2.24, 2.45) is 0 Å². The Morgan fingerprint density at radius 1 is 0.930 bits per heavy atom. The summed E-state index contributed by atoms with van der Waals surface area (Å²) in [4.78, 5) is 29.2. The van der Waals surface area contributed by atoms with Crippen LogP contribution in [-0.4, -0.2) is 63.2 Å². The number of aryl methyl sites for hydroxylation is 1. The normalized spacial score (nSPS) is 13.3. The van der Waals surface area contributed by atoms with Gasteiger partial charge in [-0.05, 0) is 56.0 Å². The van der Waals surface area contributed by atoms with E-state index in [-0.39, 0.29) is 43.8 Å².